The van der Waals surface area contributed by atoms with Gasteiger partial charge < -0.3 is 24.2 Å². The second-order valence-corrected chi connectivity index (χ2v) is 5.76. The monoisotopic (exact) mass is 338 g/mol. The fourth-order valence-electron chi connectivity index (χ4n) is 2.38. The molecule has 0 fully saturated rings. The van der Waals surface area contributed by atoms with Crippen LogP contribution in [0.15, 0.2) is 30.4 Å². The highest BCUT2D eigenvalue weighted by molar-refractivity contribution is 5.90. The van der Waals surface area contributed by atoms with Crippen molar-refractivity contribution in [3.63, 3.8) is 0 Å². The minimum atomic E-state index is -0.607. The van der Waals surface area contributed by atoms with E-state index < -0.39 is 12.1 Å². The summed E-state index contributed by atoms with van der Waals surface area (Å²) in [4.78, 5) is 12.8. The minimum Gasteiger partial charge on any atom is -0.493 e. The molecule has 0 aliphatic carbocycles. The molecule has 1 rings (SSSR count). The number of hydrogen-bond acceptors (Lipinski definition) is 5. The van der Waals surface area contributed by atoms with Gasteiger partial charge in [0, 0.05) is 0 Å². The van der Waals surface area contributed by atoms with Crippen LogP contribution < -0.4 is 14.4 Å². The van der Waals surface area contributed by atoms with Crippen molar-refractivity contribution in [2.45, 2.75) is 20.0 Å². The minimum absolute atomic E-state index is 0.146. The molecule has 2 N–H and O–H groups in total. The maximum Gasteiger partial charge on any atom is 0.337 e. The van der Waals surface area contributed by atoms with Crippen LogP contribution in [0.2, 0.25) is 0 Å². The Morgan fingerprint density at radius 3 is 2.58 bits per heavy atom. The number of aliphatic hydroxyl groups is 1. The average molecular weight is 338 g/mol. The van der Waals surface area contributed by atoms with Gasteiger partial charge in [-0.25, -0.2) is 4.79 Å². The Hall–Kier alpha value is -2.05. The van der Waals surface area contributed by atoms with Gasteiger partial charge in [-0.05, 0) is 37.6 Å². The molecular weight excluding hydrogens is 310 g/mol. The highest BCUT2D eigenvalue weighted by Gasteiger charge is 2.16. The molecule has 6 nitrogen and oxygen atoms in total. The zero-order chi connectivity index (χ0) is 18.1. The quantitative estimate of drug-likeness (QED) is 0.486. The van der Waals surface area contributed by atoms with E-state index in [-0.39, 0.29) is 6.61 Å². The van der Waals surface area contributed by atoms with Gasteiger partial charge in [0.05, 0.1) is 32.9 Å². The maximum absolute atomic E-state index is 11.5. The van der Waals surface area contributed by atoms with Crippen LogP contribution in [0.3, 0.4) is 0 Å². The maximum atomic E-state index is 11.5. The van der Waals surface area contributed by atoms with E-state index in [2.05, 4.69) is 18.2 Å². The predicted molar refractivity (Wildman–Crippen MR) is 91.9 cm³/mol. The molecule has 0 aromatic heterocycles. The van der Waals surface area contributed by atoms with Crippen molar-refractivity contribution in [2.24, 2.45) is 0 Å². The van der Waals surface area contributed by atoms with Gasteiger partial charge >= 0.3 is 5.97 Å². The van der Waals surface area contributed by atoms with E-state index in [1.165, 1.54) is 19.1 Å². The summed E-state index contributed by atoms with van der Waals surface area (Å²) in [5.74, 6) is 0.454. The first-order chi connectivity index (χ1) is 11.4. The number of quaternary nitrogens is 1. The molecule has 0 spiro atoms. The van der Waals surface area contributed by atoms with E-state index in [1.54, 1.807) is 18.2 Å². The van der Waals surface area contributed by atoms with Crippen molar-refractivity contribution in [1.82, 2.24) is 0 Å². The molecule has 1 unspecified atom stereocenters. The Balaban J connectivity index is 2.65. The SMILES string of the molecule is C=C(C)C[NH+](CC)C[C@@H](O)COc1ccc(C(=O)OC)cc1OC. The second kappa shape index (κ2) is 9.95. The number of rotatable bonds is 10. The van der Waals surface area contributed by atoms with Crippen LogP contribution >= 0.6 is 0 Å². The van der Waals surface area contributed by atoms with E-state index >= 15 is 0 Å². The Morgan fingerprint density at radius 1 is 1.33 bits per heavy atom. The van der Waals surface area contributed by atoms with Crippen LogP contribution in [0.25, 0.3) is 0 Å². The van der Waals surface area contributed by atoms with Crippen LogP contribution in [0.4, 0.5) is 0 Å². The Morgan fingerprint density at radius 2 is 2.04 bits per heavy atom. The van der Waals surface area contributed by atoms with Crippen LogP contribution in [-0.2, 0) is 4.74 Å². The lowest BCUT2D eigenvalue weighted by atomic mass is 10.2. The molecule has 24 heavy (non-hydrogen) atoms. The number of aliphatic hydroxyl groups excluding tert-OH is 1. The molecule has 1 aromatic carbocycles. The third-order valence-corrected chi connectivity index (χ3v) is 3.59. The lowest BCUT2D eigenvalue weighted by Crippen LogP contribution is -3.13. The zero-order valence-corrected chi connectivity index (χ0v) is 14.9. The van der Waals surface area contributed by atoms with Crippen molar-refractivity contribution in [3.05, 3.63) is 35.9 Å². The first-order valence-electron chi connectivity index (χ1n) is 7.96. The highest BCUT2D eigenvalue weighted by Crippen LogP contribution is 2.28. The highest BCUT2D eigenvalue weighted by atomic mass is 16.5. The number of nitrogens with one attached hydrogen (secondary N) is 1. The summed E-state index contributed by atoms with van der Waals surface area (Å²) in [5.41, 5.74) is 1.46. The molecule has 6 heteroatoms. The number of carbonyl (C=O) groups excluding carboxylic acids is 1. The lowest BCUT2D eigenvalue weighted by Gasteiger charge is -2.21. The standard InChI is InChI=1S/C18H27NO5/c1-6-19(10-13(2)3)11-15(20)12-24-16-8-7-14(18(21)23-5)9-17(16)22-4/h7-9,15,20H,2,6,10-12H2,1,3-5H3/p+1/t15-/m1/s1. The first-order valence-corrected chi connectivity index (χ1v) is 7.96. The molecular formula is C18H28NO5+. The Labute approximate surface area is 143 Å². The molecule has 0 radical (unpaired) electrons. The smallest absolute Gasteiger partial charge is 0.337 e. The largest absolute Gasteiger partial charge is 0.493 e. The number of esters is 1. The van der Waals surface area contributed by atoms with E-state index in [4.69, 9.17) is 9.47 Å². The molecule has 0 bridgehead atoms. The van der Waals surface area contributed by atoms with Gasteiger partial charge in [0.2, 0.25) is 0 Å². The first kappa shape index (κ1) is 20.0. The molecule has 0 heterocycles. The van der Waals surface area contributed by atoms with Gasteiger partial charge in [0.1, 0.15) is 19.3 Å². The second-order valence-electron chi connectivity index (χ2n) is 5.76. The molecule has 134 valence electrons. The summed E-state index contributed by atoms with van der Waals surface area (Å²) >= 11 is 0. The van der Waals surface area contributed by atoms with Crippen molar-refractivity contribution >= 4 is 5.97 Å². The summed E-state index contributed by atoms with van der Waals surface area (Å²) in [5, 5.41) is 10.2. The molecule has 1 aromatic rings. The predicted octanol–water partition coefficient (Wildman–Crippen LogP) is 0.702. The van der Waals surface area contributed by atoms with Gasteiger partial charge in [-0.3, -0.25) is 0 Å². The van der Waals surface area contributed by atoms with E-state index in [0.29, 0.717) is 23.6 Å². The van der Waals surface area contributed by atoms with E-state index in [1.807, 2.05) is 6.92 Å². The average Bonchev–Trinajstić information content (AvgIpc) is 2.57. The normalized spacial score (nSPS) is 13.0. The van der Waals surface area contributed by atoms with Gasteiger partial charge in [-0.1, -0.05) is 6.58 Å². The summed E-state index contributed by atoms with van der Waals surface area (Å²) in [6.07, 6.45) is -0.607. The van der Waals surface area contributed by atoms with Crippen LogP contribution in [0.5, 0.6) is 11.5 Å². The Bertz CT molecular complexity index is 558. The van der Waals surface area contributed by atoms with E-state index in [9.17, 15) is 9.90 Å². The summed E-state index contributed by atoms with van der Waals surface area (Å²) < 4.78 is 15.6. The fraction of sp³-hybridized carbons (Fsp3) is 0.500. The summed E-state index contributed by atoms with van der Waals surface area (Å²) in [6, 6.07) is 4.79. The topological polar surface area (TPSA) is 69.4 Å². The number of ether oxygens (including phenoxy) is 3. The van der Waals surface area contributed by atoms with E-state index in [0.717, 1.165) is 18.7 Å². The molecule has 2 atom stereocenters. The fourth-order valence-corrected chi connectivity index (χ4v) is 2.38. The molecule has 0 amide bonds. The lowest BCUT2D eigenvalue weighted by molar-refractivity contribution is -0.896. The van der Waals surface area contributed by atoms with Crippen LogP contribution in [0.1, 0.15) is 24.2 Å². The number of benzene rings is 1. The molecule has 0 aliphatic rings. The summed E-state index contributed by atoms with van der Waals surface area (Å²) in [7, 11) is 2.82. The number of methoxy groups -OCH3 is 2. The van der Waals surface area contributed by atoms with Gasteiger partial charge in [-0.15, -0.1) is 0 Å². The summed E-state index contributed by atoms with van der Waals surface area (Å²) in [6.45, 7) is 10.4. The number of carbonyl (C=O) groups is 1. The third kappa shape index (κ3) is 6.22. The zero-order valence-electron chi connectivity index (χ0n) is 14.9. The number of likely N-dealkylation sites (N-methyl/N-ethyl adjacent to an activating group) is 1. The van der Waals surface area contributed by atoms with Crippen molar-refractivity contribution < 1.29 is 29.0 Å². The Kier molecular flexibility index (Phi) is 8.29. The van der Waals surface area contributed by atoms with Crippen LogP contribution in [0, 0.1) is 0 Å². The third-order valence-electron chi connectivity index (χ3n) is 3.59. The number of hydrogen-bond donors (Lipinski definition) is 2. The van der Waals surface area contributed by atoms with Crippen molar-refractivity contribution in [2.75, 3.05) is 40.5 Å². The van der Waals surface area contributed by atoms with Crippen molar-refractivity contribution in [3.8, 4) is 11.5 Å². The molecule has 0 saturated carbocycles. The van der Waals surface area contributed by atoms with Crippen LogP contribution in [-0.4, -0.2) is 57.6 Å². The van der Waals surface area contributed by atoms with Gasteiger partial charge in [-0.2, -0.15) is 0 Å². The van der Waals surface area contributed by atoms with Crippen molar-refractivity contribution in [1.29, 1.82) is 0 Å². The molecule has 0 aliphatic heterocycles. The van der Waals surface area contributed by atoms with Gasteiger partial charge in [0.15, 0.2) is 11.5 Å². The van der Waals surface area contributed by atoms with Gasteiger partial charge in [0.25, 0.3) is 0 Å². The molecule has 0 saturated heterocycles.